The topological polar surface area (TPSA) is 12.0 Å². The van der Waals surface area contributed by atoms with E-state index in [1.54, 1.807) is 6.07 Å². The first kappa shape index (κ1) is 10.6. The first-order chi connectivity index (χ1) is 7.18. The summed E-state index contributed by atoms with van der Waals surface area (Å²) < 4.78 is 26.2. The van der Waals surface area contributed by atoms with Gasteiger partial charge in [-0.1, -0.05) is 13.0 Å². The molecule has 1 aliphatic rings. The van der Waals surface area contributed by atoms with Crippen molar-refractivity contribution in [2.45, 2.75) is 19.3 Å². The van der Waals surface area contributed by atoms with E-state index in [1.165, 1.54) is 6.07 Å². The molecule has 0 aromatic heterocycles. The van der Waals surface area contributed by atoms with Crippen molar-refractivity contribution in [3.05, 3.63) is 35.4 Å². The van der Waals surface area contributed by atoms with Crippen LogP contribution in [0.25, 0.3) is 0 Å². The van der Waals surface area contributed by atoms with Crippen LogP contribution in [0, 0.1) is 17.6 Å². The Morgan fingerprint density at radius 3 is 2.80 bits per heavy atom. The van der Waals surface area contributed by atoms with Gasteiger partial charge in [0.1, 0.15) is 11.6 Å². The maximum atomic E-state index is 13.5. The Hall–Kier alpha value is -0.960. The van der Waals surface area contributed by atoms with Crippen molar-refractivity contribution in [1.82, 2.24) is 5.32 Å². The van der Waals surface area contributed by atoms with Gasteiger partial charge in [0.2, 0.25) is 0 Å². The number of nitrogens with one attached hydrogen (secondary N) is 1. The van der Waals surface area contributed by atoms with Crippen LogP contribution in [0.3, 0.4) is 0 Å². The summed E-state index contributed by atoms with van der Waals surface area (Å²) in [6.45, 7) is 3.93. The van der Waals surface area contributed by atoms with Crippen LogP contribution in [0.4, 0.5) is 8.78 Å². The van der Waals surface area contributed by atoms with Crippen molar-refractivity contribution in [1.29, 1.82) is 0 Å². The molecule has 1 aromatic carbocycles. The van der Waals surface area contributed by atoms with Crippen molar-refractivity contribution in [3.63, 3.8) is 0 Å². The minimum absolute atomic E-state index is 0.153. The lowest BCUT2D eigenvalue weighted by atomic mass is 9.87. The third kappa shape index (κ3) is 2.17. The lowest BCUT2D eigenvalue weighted by molar-refractivity contribution is 0.463. The Bertz CT molecular complexity index is 345. The van der Waals surface area contributed by atoms with Gasteiger partial charge in [0.05, 0.1) is 0 Å². The molecule has 1 fully saturated rings. The van der Waals surface area contributed by atoms with E-state index in [0.717, 1.165) is 25.6 Å². The number of benzene rings is 1. The van der Waals surface area contributed by atoms with Crippen LogP contribution >= 0.6 is 0 Å². The van der Waals surface area contributed by atoms with Crippen LogP contribution in [0.15, 0.2) is 18.2 Å². The van der Waals surface area contributed by atoms with Crippen LogP contribution in [-0.4, -0.2) is 13.1 Å². The second-order valence-electron chi connectivity index (χ2n) is 4.21. The van der Waals surface area contributed by atoms with Gasteiger partial charge in [0.15, 0.2) is 0 Å². The third-order valence-corrected chi connectivity index (χ3v) is 3.26. The van der Waals surface area contributed by atoms with Crippen molar-refractivity contribution >= 4 is 0 Å². The maximum Gasteiger partial charge on any atom is 0.129 e. The highest BCUT2D eigenvalue weighted by molar-refractivity contribution is 5.23. The lowest BCUT2D eigenvalue weighted by Crippen LogP contribution is -2.15. The molecule has 1 heterocycles. The van der Waals surface area contributed by atoms with Gasteiger partial charge >= 0.3 is 0 Å². The van der Waals surface area contributed by atoms with Crippen LogP contribution in [-0.2, 0) is 0 Å². The van der Waals surface area contributed by atoms with Gasteiger partial charge < -0.3 is 5.32 Å². The molecule has 0 aliphatic carbocycles. The van der Waals surface area contributed by atoms with Gasteiger partial charge in [-0.05, 0) is 43.0 Å². The Labute approximate surface area is 88.5 Å². The van der Waals surface area contributed by atoms with Gasteiger partial charge in [-0.3, -0.25) is 0 Å². The molecule has 1 nitrogen and oxygen atoms in total. The number of halogens is 2. The molecule has 2 unspecified atom stereocenters. The zero-order valence-electron chi connectivity index (χ0n) is 8.76. The first-order valence-corrected chi connectivity index (χ1v) is 5.34. The molecule has 1 saturated heterocycles. The minimum Gasteiger partial charge on any atom is -0.316 e. The van der Waals surface area contributed by atoms with Crippen molar-refractivity contribution in [3.8, 4) is 0 Å². The average Bonchev–Trinajstić information content (AvgIpc) is 2.69. The molecule has 2 rings (SSSR count). The van der Waals surface area contributed by atoms with Crippen molar-refractivity contribution in [2.75, 3.05) is 13.1 Å². The quantitative estimate of drug-likeness (QED) is 0.793. The Morgan fingerprint density at radius 1 is 1.40 bits per heavy atom. The Kier molecular flexibility index (Phi) is 3.00. The Balaban J connectivity index is 2.20. The predicted octanol–water partition coefficient (Wildman–Crippen LogP) is 2.68. The molecule has 0 saturated carbocycles. The highest BCUT2D eigenvalue weighted by atomic mass is 19.1. The van der Waals surface area contributed by atoms with Crippen LogP contribution < -0.4 is 5.32 Å². The fourth-order valence-corrected chi connectivity index (χ4v) is 2.23. The summed E-state index contributed by atoms with van der Waals surface area (Å²) in [5, 5.41) is 3.26. The second kappa shape index (κ2) is 4.27. The maximum absolute atomic E-state index is 13.5. The zero-order chi connectivity index (χ0) is 10.8. The molecule has 2 atom stereocenters. The smallest absolute Gasteiger partial charge is 0.129 e. The van der Waals surface area contributed by atoms with E-state index < -0.39 is 11.6 Å². The number of hydrogen-bond donors (Lipinski definition) is 1. The fourth-order valence-electron chi connectivity index (χ4n) is 2.23. The van der Waals surface area contributed by atoms with E-state index in [4.69, 9.17) is 0 Å². The standard InChI is InChI=1S/C12H15F2N/c1-8(9-4-5-15-7-9)11-3-2-10(13)6-12(11)14/h2-3,6,8-9,15H,4-5,7H2,1H3. The molecule has 1 N–H and O–H groups in total. The largest absolute Gasteiger partial charge is 0.316 e. The van der Waals surface area contributed by atoms with Gasteiger partial charge in [-0.15, -0.1) is 0 Å². The van der Waals surface area contributed by atoms with Crippen LogP contribution in [0.5, 0.6) is 0 Å². The van der Waals surface area contributed by atoms with Gasteiger partial charge in [0, 0.05) is 6.07 Å². The summed E-state index contributed by atoms with van der Waals surface area (Å²) in [7, 11) is 0. The normalized spacial score (nSPS) is 23.0. The van der Waals surface area contributed by atoms with Gasteiger partial charge in [-0.25, -0.2) is 8.78 Å². The van der Waals surface area contributed by atoms with Gasteiger partial charge in [0.25, 0.3) is 0 Å². The van der Waals surface area contributed by atoms with E-state index in [1.807, 2.05) is 6.92 Å². The second-order valence-corrected chi connectivity index (χ2v) is 4.21. The van der Waals surface area contributed by atoms with Crippen molar-refractivity contribution < 1.29 is 8.78 Å². The Morgan fingerprint density at radius 2 is 2.20 bits per heavy atom. The van der Waals surface area contributed by atoms with E-state index in [-0.39, 0.29) is 5.92 Å². The summed E-state index contributed by atoms with van der Waals surface area (Å²) in [6.07, 6.45) is 1.07. The summed E-state index contributed by atoms with van der Waals surface area (Å²) in [5.41, 5.74) is 0.630. The fraction of sp³-hybridized carbons (Fsp3) is 0.500. The monoisotopic (exact) mass is 211 g/mol. The van der Waals surface area contributed by atoms with E-state index >= 15 is 0 Å². The minimum atomic E-state index is -0.506. The number of hydrogen-bond acceptors (Lipinski definition) is 1. The highest BCUT2D eigenvalue weighted by Crippen LogP contribution is 2.30. The summed E-state index contributed by atoms with van der Waals surface area (Å²) in [5.74, 6) is -0.312. The SMILES string of the molecule is CC(c1ccc(F)cc1F)C1CCNC1. The highest BCUT2D eigenvalue weighted by Gasteiger charge is 2.24. The van der Waals surface area contributed by atoms with E-state index in [2.05, 4.69) is 5.32 Å². The first-order valence-electron chi connectivity index (χ1n) is 5.34. The molecule has 1 aliphatic heterocycles. The number of rotatable bonds is 2. The summed E-state index contributed by atoms with van der Waals surface area (Å²) >= 11 is 0. The molecular weight excluding hydrogens is 196 g/mol. The molecule has 0 bridgehead atoms. The predicted molar refractivity (Wildman–Crippen MR) is 55.7 cm³/mol. The average molecular weight is 211 g/mol. The van der Waals surface area contributed by atoms with E-state index in [0.29, 0.717) is 11.5 Å². The van der Waals surface area contributed by atoms with E-state index in [9.17, 15) is 8.78 Å². The third-order valence-electron chi connectivity index (χ3n) is 3.26. The molecule has 1 aromatic rings. The molecule has 0 spiro atoms. The van der Waals surface area contributed by atoms with Crippen LogP contribution in [0.1, 0.15) is 24.8 Å². The summed E-state index contributed by atoms with van der Waals surface area (Å²) in [4.78, 5) is 0. The zero-order valence-corrected chi connectivity index (χ0v) is 8.76. The molecule has 0 radical (unpaired) electrons. The van der Waals surface area contributed by atoms with Crippen molar-refractivity contribution in [2.24, 2.45) is 5.92 Å². The lowest BCUT2D eigenvalue weighted by Gasteiger charge is -2.19. The molecule has 0 amide bonds. The van der Waals surface area contributed by atoms with Gasteiger partial charge in [-0.2, -0.15) is 0 Å². The van der Waals surface area contributed by atoms with Crippen LogP contribution in [0.2, 0.25) is 0 Å². The molecule has 3 heteroatoms. The summed E-state index contributed by atoms with van der Waals surface area (Å²) in [6, 6.07) is 3.86. The molecular formula is C12H15F2N. The molecule has 15 heavy (non-hydrogen) atoms. The molecule has 82 valence electrons.